The normalized spacial score (nSPS) is 16.9. The summed E-state index contributed by atoms with van der Waals surface area (Å²) in [5, 5.41) is 3.23. The molecule has 1 fully saturated rings. The number of benzene rings is 2. The Morgan fingerprint density at radius 1 is 1.00 bits per heavy atom. The first-order valence-electron chi connectivity index (χ1n) is 12.0. The highest BCUT2D eigenvalue weighted by molar-refractivity contribution is 6.36. The van der Waals surface area contributed by atoms with Crippen LogP contribution < -0.4 is 10.1 Å². The van der Waals surface area contributed by atoms with Crippen LogP contribution in [0.2, 0.25) is 0 Å². The Balaban J connectivity index is 1.55. The van der Waals surface area contributed by atoms with Crippen LogP contribution in [0.3, 0.4) is 0 Å². The van der Waals surface area contributed by atoms with Gasteiger partial charge < -0.3 is 14.8 Å². The zero-order valence-electron chi connectivity index (χ0n) is 20.0. The van der Waals surface area contributed by atoms with Crippen molar-refractivity contribution in [3.8, 4) is 5.75 Å². The fourth-order valence-electron chi connectivity index (χ4n) is 4.19. The van der Waals surface area contributed by atoms with Crippen molar-refractivity contribution < 1.29 is 19.1 Å². The van der Waals surface area contributed by atoms with Crippen LogP contribution in [0.4, 0.5) is 5.69 Å². The lowest BCUT2D eigenvalue weighted by atomic mass is 10.0. The van der Waals surface area contributed by atoms with Crippen LogP contribution >= 0.6 is 0 Å². The van der Waals surface area contributed by atoms with E-state index in [1.807, 2.05) is 55.5 Å². The number of carbonyl (C=O) groups excluding carboxylic acids is 2. The molecule has 2 aliphatic rings. The second-order valence-corrected chi connectivity index (χ2v) is 8.69. The molecule has 2 aromatic carbocycles. The maximum Gasteiger partial charge on any atom is 0.278 e. The number of morpholine rings is 1. The highest BCUT2D eigenvalue weighted by atomic mass is 16.5. The SMILES string of the molecule is CCCOc1cccc(NC2=C(c3ccc(C)cc3)C(=O)N(CCCN3CCOCC3)C2=O)c1. The fourth-order valence-corrected chi connectivity index (χ4v) is 4.19. The second kappa shape index (κ2) is 11.3. The van der Waals surface area contributed by atoms with E-state index < -0.39 is 0 Å². The summed E-state index contributed by atoms with van der Waals surface area (Å²) in [7, 11) is 0. The number of amides is 2. The molecule has 1 saturated heterocycles. The number of hydrogen-bond donors (Lipinski definition) is 1. The van der Waals surface area contributed by atoms with E-state index in [2.05, 4.69) is 17.1 Å². The van der Waals surface area contributed by atoms with E-state index in [1.165, 1.54) is 4.90 Å². The van der Waals surface area contributed by atoms with Crippen LogP contribution in [0.15, 0.2) is 54.2 Å². The molecule has 2 aromatic rings. The van der Waals surface area contributed by atoms with Crippen molar-refractivity contribution in [1.82, 2.24) is 9.80 Å². The van der Waals surface area contributed by atoms with E-state index in [0.29, 0.717) is 30.1 Å². The second-order valence-electron chi connectivity index (χ2n) is 8.69. The molecule has 7 heteroatoms. The standard InChI is InChI=1S/C27H33N3O4/c1-3-16-34-23-7-4-6-22(19-23)28-25-24(21-10-8-20(2)9-11-21)26(31)30(27(25)32)13-5-12-29-14-17-33-18-15-29/h4,6-11,19,28H,3,5,12-18H2,1-2H3. The van der Waals surface area contributed by atoms with Crippen molar-refractivity contribution in [2.75, 3.05) is 51.3 Å². The van der Waals surface area contributed by atoms with Gasteiger partial charge in [-0.25, -0.2) is 0 Å². The molecule has 180 valence electrons. The Labute approximate surface area is 201 Å². The van der Waals surface area contributed by atoms with Gasteiger partial charge in [-0.3, -0.25) is 19.4 Å². The van der Waals surface area contributed by atoms with Gasteiger partial charge in [-0.2, -0.15) is 0 Å². The Kier molecular flexibility index (Phi) is 7.98. The van der Waals surface area contributed by atoms with Gasteiger partial charge in [0.2, 0.25) is 0 Å². The Bertz CT molecular complexity index is 1040. The van der Waals surface area contributed by atoms with Gasteiger partial charge in [0.25, 0.3) is 11.8 Å². The van der Waals surface area contributed by atoms with Gasteiger partial charge >= 0.3 is 0 Å². The maximum atomic E-state index is 13.4. The van der Waals surface area contributed by atoms with Crippen LogP contribution in [-0.4, -0.2) is 67.6 Å². The zero-order valence-corrected chi connectivity index (χ0v) is 20.0. The van der Waals surface area contributed by atoms with E-state index in [0.717, 1.165) is 62.6 Å². The van der Waals surface area contributed by atoms with Gasteiger partial charge in [0.15, 0.2) is 0 Å². The molecule has 0 radical (unpaired) electrons. The predicted molar refractivity (Wildman–Crippen MR) is 133 cm³/mol. The molecule has 0 atom stereocenters. The molecular weight excluding hydrogens is 430 g/mol. The monoisotopic (exact) mass is 463 g/mol. The van der Waals surface area contributed by atoms with Gasteiger partial charge in [0.05, 0.1) is 25.4 Å². The summed E-state index contributed by atoms with van der Waals surface area (Å²) < 4.78 is 11.1. The lowest BCUT2D eigenvalue weighted by Gasteiger charge is -2.27. The maximum absolute atomic E-state index is 13.4. The molecule has 4 rings (SSSR count). The third-order valence-corrected chi connectivity index (χ3v) is 6.04. The molecule has 2 heterocycles. The number of carbonyl (C=O) groups is 2. The minimum absolute atomic E-state index is 0.253. The first kappa shape index (κ1) is 24.0. The largest absolute Gasteiger partial charge is 0.494 e. The molecule has 0 bridgehead atoms. The summed E-state index contributed by atoms with van der Waals surface area (Å²) in [6.45, 7) is 9.13. The lowest BCUT2D eigenvalue weighted by molar-refractivity contribution is -0.136. The smallest absolute Gasteiger partial charge is 0.278 e. The first-order chi connectivity index (χ1) is 16.6. The topological polar surface area (TPSA) is 71.1 Å². The highest BCUT2D eigenvalue weighted by Gasteiger charge is 2.39. The predicted octanol–water partition coefficient (Wildman–Crippen LogP) is 3.70. The van der Waals surface area contributed by atoms with Crippen molar-refractivity contribution in [1.29, 1.82) is 0 Å². The van der Waals surface area contributed by atoms with Crippen molar-refractivity contribution in [3.63, 3.8) is 0 Å². The van der Waals surface area contributed by atoms with Crippen molar-refractivity contribution >= 4 is 23.1 Å². The Morgan fingerprint density at radius 3 is 2.50 bits per heavy atom. The highest BCUT2D eigenvalue weighted by Crippen LogP contribution is 2.31. The molecule has 0 aromatic heterocycles. The molecular formula is C27H33N3O4. The van der Waals surface area contributed by atoms with Gasteiger partial charge in [-0.15, -0.1) is 0 Å². The minimum Gasteiger partial charge on any atom is -0.494 e. The quantitative estimate of drug-likeness (QED) is 0.542. The Hall–Kier alpha value is -3.16. The van der Waals surface area contributed by atoms with Gasteiger partial charge in [-0.05, 0) is 37.5 Å². The number of aryl methyl sites for hydroxylation is 1. The summed E-state index contributed by atoms with van der Waals surface area (Å²) in [5.41, 5.74) is 3.27. The van der Waals surface area contributed by atoms with Crippen molar-refractivity contribution in [3.05, 3.63) is 65.4 Å². The minimum atomic E-state index is -0.289. The summed E-state index contributed by atoms with van der Waals surface area (Å²) in [6, 6.07) is 15.2. The molecule has 0 aliphatic carbocycles. The molecule has 7 nitrogen and oxygen atoms in total. The first-order valence-corrected chi connectivity index (χ1v) is 12.0. The van der Waals surface area contributed by atoms with Gasteiger partial charge in [0, 0.05) is 37.9 Å². The number of anilines is 1. The molecule has 2 aliphatic heterocycles. The van der Waals surface area contributed by atoms with E-state index in [-0.39, 0.29) is 11.8 Å². The Morgan fingerprint density at radius 2 is 1.76 bits per heavy atom. The average molecular weight is 464 g/mol. The molecule has 2 amide bonds. The lowest BCUT2D eigenvalue weighted by Crippen LogP contribution is -2.39. The van der Waals surface area contributed by atoms with Crippen molar-refractivity contribution in [2.24, 2.45) is 0 Å². The third kappa shape index (κ3) is 5.66. The van der Waals surface area contributed by atoms with E-state index in [9.17, 15) is 9.59 Å². The summed E-state index contributed by atoms with van der Waals surface area (Å²) >= 11 is 0. The van der Waals surface area contributed by atoms with Crippen LogP contribution in [-0.2, 0) is 14.3 Å². The van der Waals surface area contributed by atoms with Crippen LogP contribution in [0.5, 0.6) is 5.75 Å². The molecule has 0 saturated carbocycles. The fraction of sp³-hybridized carbons (Fsp3) is 0.407. The number of nitrogens with zero attached hydrogens (tertiary/aromatic N) is 2. The third-order valence-electron chi connectivity index (χ3n) is 6.04. The van der Waals surface area contributed by atoms with E-state index >= 15 is 0 Å². The van der Waals surface area contributed by atoms with E-state index in [1.54, 1.807) is 0 Å². The van der Waals surface area contributed by atoms with Gasteiger partial charge in [0.1, 0.15) is 11.4 Å². The number of ether oxygens (including phenoxy) is 2. The number of rotatable bonds is 10. The van der Waals surface area contributed by atoms with Crippen LogP contribution in [0, 0.1) is 6.92 Å². The van der Waals surface area contributed by atoms with Crippen LogP contribution in [0.1, 0.15) is 30.9 Å². The van der Waals surface area contributed by atoms with Crippen molar-refractivity contribution in [2.45, 2.75) is 26.7 Å². The molecule has 34 heavy (non-hydrogen) atoms. The summed E-state index contributed by atoms with van der Waals surface area (Å²) in [6.07, 6.45) is 1.64. The average Bonchev–Trinajstić information content (AvgIpc) is 3.08. The summed E-state index contributed by atoms with van der Waals surface area (Å²) in [4.78, 5) is 30.6. The van der Waals surface area contributed by atoms with Crippen LogP contribution in [0.25, 0.3) is 5.57 Å². The number of nitrogens with one attached hydrogen (secondary N) is 1. The zero-order chi connectivity index (χ0) is 23.9. The molecule has 0 unspecified atom stereocenters. The number of hydrogen-bond acceptors (Lipinski definition) is 6. The number of imide groups is 1. The van der Waals surface area contributed by atoms with E-state index in [4.69, 9.17) is 9.47 Å². The molecule has 0 spiro atoms. The summed E-state index contributed by atoms with van der Waals surface area (Å²) in [5.74, 6) is 0.183. The van der Waals surface area contributed by atoms with Gasteiger partial charge in [-0.1, -0.05) is 42.8 Å². The molecule has 1 N–H and O–H groups in total.